The van der Waals surface area contributed by atoms with Crippen molar-refractivity contribution < 1.29 is 14.8 Å². The van der Waals surface area contributed by atoms with E-state index in [-0.39, 0.29) is 24.3 Å². The minimum atomic E-state index is -0.326. The second-order valence-electron chi connectivity index (χ2n) is 8.73. The van der Waals surface area contributed by atoms with Crippen LogP contribution in [0.2, 0.25) is 0 Å². The Morgan fingerprint density at radius 2 is 1.95 bits per heavy atom. The van der Waals surface area contributed by atoms with Crippen LogP contribution in [0.15, 0.2) is 60.1 Å². The third-order valence-corrected chi connectivity index (χ3v) is 6.18. The molecule has 4 aromatic rings. The molecule has 188 valence electrons. The van der Waals surface area contributed by atoms with Gasteiger partial charge in [0.1, 0.15) is 5.84 Å². The van der Waals surface area contributed by atoms with Crippen molar-refractivity contribution in [2.75, 3.05) is 13.7 Å². The number of aliphatic imine (C=N–C) groups is 1. The molecule has 37 heavy (non-hydrogen) atoms. The number of nitrogens with zero attached hydrogens (tertiary/aromatic N) is 7. The number of fused-ring (bicyclic) bond motifs is 3. The number of esters is 1. The SMILES string of the molecule is COC(=O)C[NH2+]/C=C\C(N)=N/c1ncc2c(n1)-c1c(nn(C)c1-c1ccc(-c3cnn(C)c3)cc1)CC2. The smallest absolute Gasteiger partial charge is 0.361 e. The molecule has 1 aromatic carbocycles. The quantitative estimate of drug-likeness (QED) is 0.222. The molecule has 4 N–H and O–H groups in total. The minimum absolute atomic E-state index is 0.158. The Balaban J connectivity index is 1.46. The van der Waals surface area contributed by atoms with E-state index in [9.17, 15) is 4.79 Å². The average Bonchev–Trinajstić information content (AvgIpc) is 3.49. The first kappa shape index (κ1) is 24.1. The highest BCUT2D eigenvalue weighted by Gasteiger charge is 2.27. The Labute approximate surface area is 213 Å². The van der Waals surface area contributed by atoms with Crippen molar-refractivity contribution in [1.82, 2.24) is 29.5 Å². The standard InChI is InChI=1S/C26H27N9O2/c1-34-15-19(13-30-34)16-4-6-17(7-5-16)25-23-20(33-35(25)2)9-8-18-12-29-26(32-24(18)23)31-21(27)10-11-28-14-22(36)37-3/h4-7,10-13,15,28H,8-9,14H2,1-3H3,(H2,27,29,31,32)/p+1/b11-10-. The molecule has 0 aliphatic heterocycles. The van der Waals surface area contributed by atoms with E-state index >= 15 is 0 Å². The van der Waals surface area contributed by atoms with Crippen LogP contribution in [0, 0.1) is 0 Å². The van der Waals surface area contributed by atoms with Crippen molar-refractivity contribution in [2.45, 2.75) is 12.8 Å². The molecule has 1 aliphatic carbocycles. The molecule has 11 nitrogen and oxygen atoms in total. The highest BCUT2D eigenvalue weighted by atomic mass is 16.5. The number of aromatic nitrogens is 6. The summed E-state index contributed by atoms with van der Waals surface area (Å²) < 4.78 is 8.32. The summed E-state index contributed by atoms with van der Waals surface area (Å²) >= 11 is 0. The molecule has 0 fully saturated rings. The lowest BCUT2D eigenvalue weighted by molar-refractivity contribution is -0.577. The second kappa shape index (κ2) is 10.2. The Morgan fingerprint density at radius 3 is 2.68 bits per heavy atom. The zero-order valence-electron chi connectivity index (χ0n) is 20.9. The van der Waals surface area contributed by atoms with E-state index in [1.807, 2.05) is 37.4 Å². The number of nitrogens with two attached hydrogens (primary N) is 2. The highest BCUT2D eigenvalue weighted by Crippen LogP contribution is 2.40. The first-order chi connectivity index (χ1) is 17.9. The third-order valence-electron chi connectivity index (χ3n) is 6.18. The molecule has 0 saturated carbocycles. The number of carbonyl (C=O) groups excluding carboxylic acids is 1. The van der Waals surface area contributed by atoms with Crippen molar-refractivity contribution in [1.29, 1.82) is 0 Å². The van der Waals surface area contributed by atoms with Gasteiger partial charge in [-0.15, -0.1) is 0 Å². The summed E-state index contributed by atoms with van der Waals surface area (Å²) in [5, 5.41) is 10.7. The van der Waals surface area contributed by atoms with Crippen LogP contribution in [0.3, 0.4) is 0 Å². The van der Waals surface area contributed by atoms with Gasteiger partial charge in [-0.25, -0.2) is 14.8 Å². The number of amidine groups is 1. The van der Waals surface area contributed by atoms with Crippen LogP contribution < -0.4 is 11.1 Å². The lowest BCUT2D eigenvalue weighted by Crippen LogP contribution is -2.80. The molecule has 5 rings (SSSR count). The number of hydrogen-bond donors (Lipinski definition) is 2. The summed E-state index contributed by atoms with van der Waals surface area (Å²) in [5.41, 5.74) is 14.1. The summed E-state index contributed by atoms with van der Waals surface area (Å²) in [6.45, 7) is 0.158. The van der Waals surface area contributed by atoms with E-state index in [1.165, 1.54) is 7.11 Å². The summed E-state index contributed by atoms with van der Waals surface area (Å²) in [6.07, 6.45) is 10.5. The Kier molecular flexibility index (Phi) is 6.60. The fraction of sp³-hybridized carbons (Fsp3) is 0.231. The Hall–Kier alpha value is -4.64. The maximum atomic E-state index is 11.2. The van der Waals surface area contributed by atoms with Crippen molar-refractivity contribution in [3.8, 4) is 33.6 Å². The largest absolute Gasteiger partial charge is 0.465 e. The molecular weight excluding hydrogens is 470 g/mol. The fourth-order valence-electron chi connectivity index (χ4n) is 4.40. The van der Waals surface area contributed by atoms with Crippen LogP contribution in [0.4, 0.5) is 5.95 Å². The van der Waals surface area contributed by atoms with Crippen molar-refractivity contribution in [3.63, 3.8) is 0 Å². The molecule has 0 amide bonds. The van der Waals surface area contributed by atoms with Crippen molar-refractivity contribution in [3.05, 3.63) is 66.4 Å². The molecule has 3 aromatic heterocycles. The van der Waals surface area contributed by atoms with Gasteiger partial charge in [-0.1, -0.05) is 24.3 Å². The number of rotatable bonds is 7. The zero-order valence-corrected chi connectivity index (χ0v) is 20.9. The van der Waals surface area contributed by atoms with Gasteiger partial charge < -0.3 is 15.8 Å². The Morgan fingerprint density at radius 1 is 1.16 bits per heavy atom. The summed E-state index contributed by atoms with van der Waals surface area (Å²) in [4.78, 5) is 24.7. The molecule has 0 unspecified atom stereocenters. The van der Waals surface area contributed by atoms with E-state index in [0.717, 1.165) is 57.7 Å². The third kappa shape index (κ3) is 5.02. The monoisotopic (exact) mass is 498 g/mol. The molecular formula is C26H28N9O2+. The molecule has 11 heteroatoms. The van der Waals surface area contributed by atoms with Crippen LogP contribution in [-0.2, 0) is 36.5 Å². The summed E-state index contributed by atoms with van der Waals surface area (Å²) in [6, 6.07) is 8.38. The predicted octanol–water partition coefficient (Wildman–Crippen LogP) is 1.28. The molecule has 0 atom stereocenters. The van der Waals surface area contributed by atoms with E-state index in [4.69, 9.17) is 15.8 Å². The van der Waals surface area contributed by atoms with Gasteiger partial charge in [0, 0.05) is 49.3 Å². The maximum Gasteiger partial charge on any atom is 0.361 e. The van der Waals surface area contributed by atoms with Crippen molar-refractivity contribution in [2.24, 2.45) is 24.8 Å². The van der Waals surface area contributed by atoms with Crippen LogP contribution in [0.25, 0.3) is 33.6 Å². The minimum Gasteiger partial charge on any atom is -0.465 e. The summed E-state index contributed by atoms with van der Waals surface area (Å²) in [7, 11) is 5.21. The van der Waals surface area contributed by atoms with Gasteiger partial charge in [-0.05, 0) is 24.0 Å². The molecule has 0 spiro atoms. The number of ether oxygens (including phenoxy) is 1. The molecule has 0 radical (unpaired) electrons. The highest BCUT2D eigenvalue weighted by molar-refractivity contribution is 5.92. The number of aryl methyl sites for hydroxylation is 4. The number of carbonyl (C=O) groups is 1. The average molecular weight is 499 g/mol. The molecule has 0 saturated heterocycles. The molecule has 1 aliphatic rings. The molecule has 3 heterocycles. The van der Waals surface area contributed by atoms with Gasteiger partial charge in [0.2, 0.25) is 0 Å². The Bertz CT molecular complexity index is 1510. The predicted molar refractivity (Wildman–Crippen MR) is 139 cm³/mol. The number of benzene rings is 1. The van der Waals surface area contributed by atoms with Gasteiger partial charge in [0.15, 0.2) is 6.54 Å². The topological polar surface area (TPSA) is 143 Å². The van der Waals surface area contributed by atoms with Gasteiger partial charge >= 0.3 is 5.97 Å². The van der Waals surface area contributed by atoms with Gasteiger partial charge in [-0.3, -0.25) is 9.36 Å². The first-order valence-electron chi connectivity index (χ1n) is 11.9. The van der Waals surface area contributed by atoms with Crippen LogP contribution >= 0.6 is 0 Å². The van der Waals surface area contributed by atoms with Gasteiger partial charge in [-0.2, -0.15) is 15.2 Å². The maximum absolute atomic E-state index is 11.2. The van der Waals surface area contributed by atoms with Crippen LogP contribution in [0.5, 0.6) is 0 Å². The lowest BCUT2D eigenvalue weighted by atomic mass is 9.91. The van der Waals surface area contributed by atoms with Gasteiger partial charge in [0.25, 0.3) is 5.95 Å². The fourth-order valence-corrected chi connectivity index (χ4v) is 4.40. The normalized spacial score (nSPS) is 13.0. The van der Waals surface area contributed by atoms with Crippen molar-refractivity contribution >= 4 is 17.8 Å². The van der Waals surface area contributed by atoms with Gasteiger partial charge in [0.05, 0.1) is 36.6 Å². The van der Waals surface area contributed by atoms with Crippen LogP contribution in [0.1, 0.15) is 11.3 Å². The number of methoxy groups -OCH3 is 1. The van der Waals surface area contributed by atoms with E-state index in [1.54, 1.807) is 22.3 Å². The zero-order chi connectivity index (χ0) is 25.9. The summed E-state index contributed by atoms with van der Waals surface area (Å²) in [5.74, 6) is 0.172. The number of quaternary nitrogens is 1. The second-order valence-corrected chi connectivity index (χ2v) is 8.73. The first-order valence-corrected chi connectivity index (χ1v) is 11.9. The van der Waals surface area contributed by atoms with E-state index in [0.29, 0.717) is 0 Å². The lowest BCUT2D eigenvalue weighted by Gasteiger charge is -2.16. The molecule has 0 bridgehead atoms. The van der Waals surface area contributed by atoms with Crippen LogP contribution in [-0.4, -0.2) is 55.0 Å². The van der Waals surface area contributed by atoms with E-state index < -0.39 is 0 Å². The van der Waals surface area contributed by atoms with E-state index in [2.05, 4.69) is 44.1 Å². The number of hydrogen-bond acceptors (Lipinski definition) is 7.